The van der Waals surface area contributed by atoms with Crippen molar-refractivity contribution in [3.05, 3.63) is 44.7 Å². The fourth-order valence-corrected chi connectivity index (χ4v) is 4.01. The molecule has 1 atom stereocenters. The van der Waals surface area contributed by atoms with Crippen LogP contribution in [0, 0.1) is 6.92 Å². The standard InChI is InChI=1S/C18H16BrN3O5/c1-7-13-14(15-11(6-26-18(15)24)20-17(13)22-21-7)9-4-10(19)16(27-8(2)23)12(5-9)25-3/h4-5,14H,6H2,1-3H3,(H2,20,21,22)/t14-/m0/s1. The number of benzene rings is 1. The van der Waals surface area contributed by atoms with Crippen molar-refractivity contribution in [1.82, 2.24) is 10.2 Å². The van der Waals surface area contributed by atoms with E-state index in [9.17, 15) is 9.59 Å². The van der Waals surface area contributed by atoms with Crippen LogP contribution in [0.25, 0.3) is 0 Å². The fraction of sp³-hybridized carbons (Fsp3) is 0.278. The first-order valence-corrected chi connectivity index (χ1v) is 8.98. The Hall–Kier alpha value is -2.81. The fourth-order valence-electron chi connectivity index (χ4n) is 3.47. The van der Waals surface area contributed by atoms with Crippen molar-refractivity contribution in [3.63, 3.8) is 0 Å². The van der Waals surface area contributed by atoms with Gasteiger partial charge in [0.2, 0.25) is 0 Å². The van der Waals surface area contributed by atoms with E-state index < -0.39 is 5.97 Å². The Bertz CT molecular complexity index is 1010. The highest BCUT2D eigenvalue weighted by Crippen LogP contribution is 2.48. The number of esters is 2. The Morgan fingerprint density at radius 1 is 1.41 bits per heavy atom. The molecule has 8 nitrogen and oxygen atoms in total. The third-order valence-corrected chi connectivity index (χ3v) is 5.15. The Morgan fingerprint density at radius 2 is 2.19 bits per heavy atom. The molecule has 0 fully saturated rings. The predicted molar refractivity (Wildman–Crippen MR) is 98.8 cm³/mol. The monoisotopic (exact) mass is 433 g/mol. The van der Waals surface area contributed by atoms with Gasteiger partial charge in [0.25, 0.3) is 0 Å². The van der Waals surface area contributed by atoms with Crippen LogP contribution in [0.5, 0.6) is 11.5 Å². The zero-order valence-electron chi connectivity index (χ0n) is 14.8. The molecule has 0 saturated carbocycles. The maximum absolute atomic E-state index is 12.4. The number of hydrogen-bond donors (Lipinski definition) is 2. The molecule has 0 amide bonds. The Balaban J connectivity index is 1.91. The largest absolute Gasteiger partial charge is 0.493 e. The van der Waals surface area contributed by atoms with Gasteiger partial charge < -0.3 is 19.5 Å². The van der Waals surface area contributed by atoms with Gasteiger partial charge in [-0.05, 0) is 40.5 Å². The number of nitrogens with zero attached hydrogens (tertiary/aromatic N) is 1. The molecule has 2 aliphatic rings. The van der Waals surface area contributed by atoms with E-state index in [1.807, 2.05) is 13.0 Å². The Kier molecular flexibility index (Phi) is 4.18. The summed E-state index contributed by atoms with van der Waals surface area (Å²) in [4.78, 5) is 23.8. The molecule has 0 radical (unpaired) electrons. The number of anilines is 1. The molecule has 4 rings (SSSR count). The van der Waals surface area contributed by atoms with Crippen LogP contribution in [0.3, 0.4) is 0 Å². The quantitative estimate of drug-likeness (QED) is 0.566. The SMILES string of the molecule is COc1cc([C@@H]2C3=C(COC3=O)Nc3n[nH]c(C)c32)cc(Br)c1OC(C)=O. The highest BCUT2D eigenvalue weighted by molar-refractivity contribution is 9.10. The van der Waals surface area contributed by atoms with Crippen LogP contribution < -0.4 is 14.8 Å². The number of aromatic nitrogens is 2. The van der Waals surface area contributed by atoms with Gasteiger partial charge in [-0.2, -0.15) is 5.10 Å². The zero-order valence-corrected chi connectivity index (χ0v) is 16.4. The normalized spacial score (nSPS) is 17.8. The van der Waals surface area contributed by atoms with Crippen molar-refractivity contribution < 1.29 is 23.8 Å². The maximum Gasteiger partial charge on any atom is 0.337 e. The average molecular weight is 434 g/mol. The van der Waals surface area contributed by atoms with Gasteiger partial charge in [-0.1, -0.05) is 0 Å². The summed E-state index contributed by atoms with van der Waals surface area (Å²) in [7, 11) is 1.49. The van der Waals surface area contributed by atoms with Gasteiger partial charge in [0.1, 0.15) is 6.61 Å². The summed E-state index contributed by atoms with van der Waals surface area (Å²) in [5.41, 5.74) is 3.73. The molecule has 9 heteroatoms. The van der Waals surface area contributed by atoms with E-state index in [0.717, 1.165) is 16.8 Å². The number of H-pyrrole nitrogens is 1. The summed E-state index contributed by atoms with van der Waals surface area (Å²) in [6, 6.07) is 3.56. The highest BCUT2D eigenvalue weighted by Gasteiger charge is 2.41. The zero-order chi connectivity index (χ0) is 19.3. The molecule has 1 aromatic carbocycles. The van der Waals surface area contributed by atoms with Crippen LogP contribution in [0.4, 0.5) is 5.82 Å². The number of aromatic amines is 1. The van der Waals surface area contributed by atoms with Gasteiger partial charge in [0.05, 0.1) is 22.9 Å². The lowest BCUT2D eigenvalue weighted by atomic mass is 9.82. The molecule has 3 heterocycles. The number of hydrogen-bond acceptors (Lipinski definition) is 7. The second kappa shape index (κ2) is 6.41. The molecule has 0 spiro atoms. The van der Waals surface area contributed by atoms with Gasteiger partial charge >= 0.3 is 11.9 Å². The van der Waals surface area contributed by atoms with E-state index in [-0.39, 0.29) is 24.2 Å². The highest BCUT2D eigenvalue weighted by atomic mass is 79.9. The van der Waals surface area contributed by atoms with E-state index in [1.54, 1.807) is 6.07 Å². The number of nitrogens with one attached hydrogen (secondary N) is 2. The van der Waals surface area contributed by atoms with E-state index >= 15 is 0 Å². The van der Waals surface area contributed by atoms with Crippen LogP contribution in [0.2, 0.25) is 0 Å². The lowest BCUT2D eigenvalue weighted by Crippen LogP contribution is -2.20. The number of cyclic esters (lactones) is 1. The predicted octanol–water partition coefficient (Wildman–Crippen LogP) is 2.78. The van der Waals surface area contributed by atoms with E-state index in [1.165, 1.54) is 14.0 Å². The summed E-state index contributed by atoms with van der Waals surface area (Å²) in [6.07, 6.45) is 0. The number of fused-ring (bicyclic) bond motifs is 1. The van der Waals surface area contributed by atoms with Crippen LogP contribution in [0.15, 0.2) is 27.9 Å². The van der Waals surface area contributed by atoms with Gasteiger partial charge in [-0.15, -0.1) is 0 Å². The number of aryl methyl sites for hydroxylation is 1. The van der Waals surface area contributed by atoms with Crippen molar-refractivity contribution in [2.75, 3.05) is 19.0 Å². The summed E-state index contributed by atoms with van der Waals surface area (Å²) in [5, 5.41) is 10.4. The minimum Gasteiger partial charge on any atom is -0.493 e. The molecule has 1 aromatic heterocycles. The van der Waals surface area contributed by atoms with Crippen molar-refractivity contribution in [2.45, 2.75) is 19.8 Å². The molecule has 0 bridgehead atoms. The molecular weight excluding hydrogens is 418 g/mol. The van der Waals surface area contributed by atoms with Crippen LogP contribution in [-0.2, 0) is 14.3 Å². The minimum atomic E-state index is -0.457. The molecule has 2 aromatic rings. The first-order valence-electron chi connectivity index (χ1n) is 8.18. The average Bonchev–Trinajstić information content (AvgIpc) is 3.18. The van der Waals surface area contributed by atoms with Gasteiger partial charge in [-0.3, -0.25) is 9.89 Å². The third-order valence-electron chi connectivity index (χ3n) is 4.56. The van der Waals surface area contributed by atoms with E-state index in [0.29, 0.717) is 27.3 Å². The number of rotatable bonds is 3. The van der Waals surface area contributed by atoms with E-state index in [4.69, 9.17) is 14.2 Å². The summed E-state index contributed by atoms with van der Waals surface area (Å²) in [6.45, 7) is 3.39. The first-order chi connectivity index (χ1) is 12.9. The molecule has 140 valence electrons. The molecule has 0 unspecified atom stereocenters. The van der Waals surface area contributed by atoms with Crippen molar-refractivity contribution in [3.8, 4) is 11.5 Å². The summed E-state index contributed by atoms with van der Waals surface area (Å²) in [5.74, 6) is 0.114. The van der Waals surface area contributed by atoms with Crippen molar-refractivity contribution >= 4 is 33.7 Å². The molecule has 0 aliphatic carbocycles. The van der Waals surface area contributed by atoms with Crippen molar-refractivity contribution in [1.29, 1.82) is 0 Å². The van der Waals surface area contributed by atoms with Crippen LogP contribution in [-0.4, -0.2) is 35.9 Å². The number of halogens is 1. The number of carbonyl (C=O) groups is 2. The van der Waals surface area contributed by atoms with Gasteiger partial charge in [-0.25, -0.2) is 4.79 Å². The van der Waals surface area contributed by atoms with Gasteiger partial charge in [0.15, 0.2) is 17.3 Å². The lowest BCUT2D eigenvalue weighted by Gasteiger charge is -2.25. The first kappa shape index (κ1) is 17.6. The number of ether oxygens (including phenoxy) is 3. The molecule has 27 heavy (non-hydrogen) atoms. The third kappa shape index (κ3) is 2.78. The lowest BCUT2D eigenvalue weighted by molar-refractivity contribution is -0.136. The topological polar surface area (TPSA) is 103 Å². The van der Waals surface area contributed by atoms with Crippen LogP contribution in [0.1, 0.15) is 29.7 Å². The smallest absolute Gasteiger partial charge is 0.337 e. The summed E-state index contributed by atoms with van der Waals surface area (Å²) >= 11 is 3.44. The molecular formula is C18H16BrN3O5. The Morgan fingerprint density at radius 3 is 2.89 bits per heavy atom. The molecule has 0 saturated heterocycles. The second-order valence-corrected chi connectivity index (χ2v) is 7.12. The molecule has 2 aliphatic heterocycles. The number of carbonyl (C=O) groups excluding carboxylic acids is 2. The van der Waals surface area contributed by atoms with Crippen molar-refractivity contribution in [2.24, 2.45) is 0 Å². The summed E-state index contributed by atoms with van der Waals surface area (Å²) < 4.78 is 16.4. The minimum absolute atomic E-state index is 0.180. The van der Waals surface area contributed by atoms with Gasteiger partial charge in [0, 0.05) is 24.1 Å². The second-order valence-electron chi connectivity index (χ2n) is 6.27. The Labute approximate surface area is 163 Å². The van der Waals surface area contributed by atoms with Crippen LogP contribution >= 0.6 is 15.9 Å². The number of methoxy groups -OCH3 is 1. The maximum atomic E-state index is 12.4. The molecule has 2 N–H and O–H groups in total. The van der Waals surface area contributed by atoms with E-state index in [2.05, 4.69) is 31.4 Å².